The SMILES string of the molecule is Nc1nc(Cl)nc(Nc2cccc(NS(=O)(=O)c3cccc4c3-c3nc-4nc4[n-]c(nc5nc(nc6[n-]c(n3)c3cccc(S(=O)(=O)[O-])c63)-c3ccc(S(=O)(=O)[O-])cc3-5)c3cccc(S(=O)(=O)[O-])c43)c2)n1.[Cu+2].[Na+].[Na+].[Na+]. The van der Waals surface area contributed by atoms with E-state index in [-0.39, 0.29) is 207 Å². The second-order valence-corrected chi connectivity index (χ2v) is 21.3. The quantitative estimate of drug-likeness (QED) is 0.0945. The second kappa shape index (κ2) is 21.3. The molecule has 25 nitrogen and oxygen atoms in total. The summed E-state index contributed by atoms with van der Waals surface area (Å²) in [4.78, 5) is 45.2. The Balaban J connectivity index is 0.00000205. The molecule has 34 heteroatoms. The van der Waals surface area contributed by atoms with E-state index in [9.17, 15) is 47.3 Å². The van der Waals surface area contributed by atoms with Crippen molar-refractivity contribution in [1.82, 2.24) is 54.8 Å². The van der Waals surface area contributed by atoms with Crippen LogP contribution in [0.4, 0.5) is 23.3 Å². The molecule has 4 N–H and O–H groups in total. The zero-order valence-corrected chi connectivity index (χ0v) is 49.0. The third kappa shape index (κ3) is 11.0. The number of anilines is 4. The van der Waals surface area contributed by atoms with Crippen LogP contribution in [0.15, 0.2) is 117 Å². The number of aromatic nitrogens is 11. The molecule has 75 heavy (non-hydrogen) atoms. The van der Waals surface area contributed by atoms with Crippen molar-refractivity contribution in [2.24, 2.45) is 0 Å². The number of fused-ring (bicyclic) bond motifs is 20. The molecule has 0 saturated carbocycles. The van der Waals surface area contributed by atoms with Crippen LogP contribution >= 0.6 is 11.6 Å². The predicted octanol–water partition coefficient (Wildman–Crippen LogP) is -5.19. The molecule has 0 aliphatic carbocycles. The molecular formula is C41H20ClCuN14Na3O11S4. The maximum Gasteiger partial charge on any atom is 2.00 e. The fraction of sp³-hybridized carbons (Fsp3) is 0. The van der Waals surface area contributed by atoms with E-state index in [1.165, 1.54) is 66.7 Å². The largest absolute Gasteiger partial charge is 2.00 e. The van der Waals surface area contributed by atoms with Gasteiger partial charge in [-0.25, -0.2) is 43.6 Å². The average Bonchev–Trinajstić information content (AvgIpc) is 4.03. The molecular weight excluding hydrogens is 1160 g/mol. The van der Waals surface area contributed by atoms with Crippen molar-refractivity contribution in [1.29, 1.82) is 0 Å². The van der Waals surface area contributed by atoms with Crippen LogP contribution in [0.1, 0.15) is 0 Å². The van der Waals surface area contributed by atoms with E-state index < -0.39 is 77.1 Å². The van der Waals surface area contributed by atoms with Gasteiger partial charge in [0.25, 0.3) is 10.0 Å². The number of sulfonamides is 1. The standard InChI is InChI=1S/C41H23ClN14O11S4.Cu.3Na/c42-39-53-40(43)55-41(54-39)44-17-5-1-6-18(15-17)56-68(57,58)25-10-2-7-21-28(25)36-49-33(21)51-38-29-22(8-3-11-26(29)70(62,63)64)32(48-38)46-35-24-16-19(69(59,60)61)13-14-20(24)31(45-35)47-37-30-23(34(50-36)52-37)9-4-12-27(30)71(65,66)67;;;;/h1-16,56H,(H6-2,43,44,45,46,47,48,49,50,51,52,53,54,55,59,60,61,62,63,64,65,66,67);;;;/q-2;+2;3*+1/p-3. The zero-order chi connectivity index (χ0) is 49.9. The van der Waals surface area contributed by atoms with E-state index in [0.29, 0.717) is 0 Å². The summed E-state index contributed by atoms with van der Waals surface area (Å²) < 4.78 is 145. The number of hydrogen-bond donors (Lipinski definition) is 3. The Kier molecular flexibility index (Phi) is 16.5. The van der Waals surface area contributed by atoms with Gasteiger partial charge in [-0.2, -0.15) is 15.0 Å². The van der Waals surface area contributed by atoms with Crippen molar-refractivity contribution in [2.75, 3.05) is 15.8 Å². The molecule has 5 aromatic carbocycles. The molecule has 0 spiro atoms. The van der Waals surface area contributed by atoms with Gasteiger partial charge in [0.2, 0.25) is 17.2 Å². The summed E-state index contributed by atoms with van der Waals surface area (Å²) in [6, 6.07) is 20.1. The molecule has 0 saturated heterocycles. The van der Waals surface area contributed by atoms with Crippen molar-refractivity contribution < 1.29 is 153 Å². The van der Waals surface area contributed by atoms with E-state index in [4.69, 9.17) is 17.3 Å². The average molecular weight is 1180 g/mol. The molecule has 2 aliphatic heterocycles. The normalized spacial score (nSPS) is 12.1. The predicted molar refractivity (Wildman–Crippen MR) is 248 cm³/mol. The number of nitrogen functional groups attached to an aromatic ring is 1. The van der Waals surface area contributed by atoms with Crippen molar-refractivity contribution >= 4 is 119 Å². The summed E-state index contributed by atoms with van der Waals surface area (Å²) in [7, 11) is -20.3. The van der Waals surface area contributed by atoms with E-state index in [2.05, 4.69) is 64.9 Å². The summed E-state index contributed by atoms with van der Waals surface area (Å²) in [5.41, 5.74) is 4.09. The van der Waals surface area contributed by atoms with Gasteiger partial charge in [0.15, 0.2) is 0 Å². The Morgan fingerprint density at radius 3 is 1.59 bits per heavy atom. The molecule has 0 atom stereocenters. The Labute approximate surface area is 504 Å². The first kappa shape index (κ1) is 58.1. The number of nitrogens with two attached hydrogens (primary N) is 1. The number of nitrogens with zero attached hydrogens (tertiary/aromatic N) is 11. The second-order valence-electron chi connectivity index (χ2n) is 15.2. The molecule has 11 rings (SSSR count). The van der Waals surface area contributed by atoms with E-state index in [1.807, 2.05) is 0 Å². The van der Waals surface area contributed by atoms with Crippen LogP contribution in [-0.4, -0.2) is 92.2 Å². The van der Waals surface area contributed by atoms with Gasteiger partial charge in [-0.05, 0) is 70.9 Å². The molecule has 4 aromatic heterocycles. The summed E-state index contributed by atoms with van der Waals surface area (Å²) in [6.07, 6.45) is 0. The number of benzene rings is 5. The van der Waals surface area contributed by atoms with Gasteiger partial charge in [0, 0.05) is 61.3 Å². The summed E-state index contributed by atoms with van der Waals surface area (Å²) in [5, 5.41) is 1.78. The minimum absolute atomic E-state index is 0. The maximum absolute atomic E-state index is 14.6. The van der Waals surface area contributed by atoms with Crippen LogP contribution in [0, 0.1) is 0 Å². The molecule has 0 amide bonds. The smallest absolute Gasteiger partial charge is 0.744 e. The van der Waals surface area contributed by atoms with Crippen molar-refractivity contribution in [2.45, 2.75) is 19.6 Å². The van der Waals surface area contributed by atoms with Gasteiger partial charge < -0.3 is 54.6 Å². The van der Waals surface area contributed by atoms with E-state index in [0.717, 1.165) is 24.3 Å². The minimum Gasteiger partial charge on any atom is -0.744 e. The monoisotopic (exact) mass is 1180 g/mol. The molecule has 8 bridgehead atoms. The molecule has 0 fully saturated rings. The molecule has 1 radical (unpaired) electrons. The summed E-state index contributed by atoms with van der Waals surface area (Å²) in [5.74, 6) is -1.62. The summed E-state index contributed by atoms with van der Waals surface area (Å²) >= 11 is 5.92. The van der Waals surface area contributed by atoms with Crippen molar-refractivity contribution in [3.63, 3.8) is 0 Å². The van der Waals surface area contributed by atoms with Crippen molar-refractivity contribution in [3.05, 3.63) is 102 Å². The van der Waals surface area contributed by atoms with Crippen LogP contribution in [0.5, 0.6) is 0 Å². The van der Waals surface area contributed by atoms with Crippen LogP contribution < -0.4 is 114 Å². The Hall–Kier alpha value is -4.64. The fourth-order valence-corrected chi connectivity index (χ4v) is 11.2. The zero-order valence-electron chi connectivity index (χ0n) is 38.0. The maximum atomic E-state index is 14.6. The number of nitrogens with one attached hydrogen (secondary N) is 2. The third-order valence-electron chi connectivity index (χ3n) is 10.8. The minimum atomic E-state index is -5.29. The summed E-state index contributed by atoms with van der Waals surface area (Å²) in [6.45, 7) is 0. The van der Waals surface area contributed by atoms with Gasteiger partial charge in [0.1, 0.15) is 30.4 Å². The first-order chi connectivity index (χ1) is 33.6. The number of rotatable bonds is 8. The van der Waals surface area contributed by atoms with Gasteiger partial charge in [-0.1, -0.05) is 48.5 Å². The van der Waals surface area contributed by atoms with Crippen LogP contribution in [-0.2, 0) is 57.4 Å². The fourth-order valence-electron chi connectivity index (χ4n) is 7.90. The molecule has 365 valence electrons. The van der Waals surface area contributed by atoms with E-state index >= 15 is 0 Å². The third-order valence-corrected chi connectivity index (χ3v) is 14.9. The van der Waals surface area contributed by atoms with Gasteiger partial charge >= 0.3 is 106 Å². The molecule has 2 aliphatic rings. The van der Waals surface area contributed by atoms with E-state index in [1.54, 1.807) is 6.07 Å². The Morgan fingerprint density at radius 2 is 1.00 bits per heavy atom. The van der Waals surface area contributed by atoms with Crippen LogP contribution in [0.25, 0.3) is 89.7 Å². The first-order valence-electron chi connectivity index (χ1n) is 19.8. The molecule has 0 unspecified atom stereocenters. The van der Waals surface area contributed by atoms with Crippen LogP contribution in [0.2, 0.25) is 5.28 Å². The molecule has 6 heterocycles. The van der Waals surface area contributed by atoms with Gasteiger partial charge in [0.05, 0.1) is 48.6 Å². The molecule has 9 aromatic rings. The number of hydrogen-bond acceptors (Lipinski definition) is 22. The Bertz CT molecular complexity index is 4480. The topological polar surface area (TPSA) is 400 Å². The van der Waals surface area contributed by atoms with Gasteiger partial charge in [-0.3, -0.25) is 4.72 Å². The Morgan fingerprint density at radius 1 is 0.493 bits per heavy atom. The van der Waals surface area contributed by atoms with Crippen molar-refractivity contribution in [3.8, 4) is 45.6 Å². The van der Waals surface area contributed by atoms with Crippen LogP contribution in [0.3, 0.4) is 0 Å². The number of halogens is 1. The first-order valence-corrected chi connectivity index (χ1v) is 25.9. The van der Waals surface area contributed by atoms with Gasteiger partial charge in [-0.15, -0.1) is 0 Å².